The third-order valence-electron chi connectivity index (χ3n) is 3.43. The van der Waals surface area contributed by atoms with Gasteiger partial charge in [-0.3, -0.25) is 4.79 Å². The molecular formula is C18H17FN4O. The molecule has 5 nitrogen and oxygen atoms in total. The van der Waals surface area contributed by atoms with Gasteiger partial charge in [-0.1, -0.05) is 19.1 Å². The molecule has 2 N–H and O–H groups in total. The lowest BCUT2D eigenvalue weighted by Gasteiger charge is -2.11. The molecular weight excluding hydrogens is 307 g/mol. The summed E-state index contributed by atoms with van der Waals surface area (Å²) in [5.74, 6) is -0.308. The van der Waals surface area contributed by atoms with Crippen LogP contribution in [0.5, 0.6) is 0 Å². The summed E-state index contributed by atoms with van der Waals surface area (Å²) in [7, 11) is 0. The van der Waals surface area contributed by atoms with Gasteiger partial charge in [-0.25, -0.2) is 14.4 Å². The Balaban J connectivity index is 1.95. The first kappa shape index (κ1) is 15.9. The van der Waals surface area contributed by atoms with E-state index >= 15 is 0 Å². The number of fused-ring (bicyclic) bond motifs is 1. The second-order valence-corrected chi connectivity index (χ2v) is 5.30. The van der Waals surface area contributed by atoms with Crippen LogP contribution in [0, 0.1) is 5.82 Å². The minimum absolute atomic E-state index is 0.214. The van der Waals surface area contributed by atoms with E-state index in [4.69, 9.17) is 0 Å². The van der Waals surface area contributed by atoms with Crippen LogP contribution in [-0.4, -0.2) is 22.4 Å². The largest absolute Gasteiger partial charge is 0.368 e. The van der Waals surface area contributed by atoms with Crippen LogP contribution in [0.4, 0.5) is 15.9 Å². The van der Waals surface area contributed by atoms with Crippen molar-refractivity contribution in [1.82, 2.24) is 9.97 Å². The Kier molecular flexibility index (Phi) is 4.65. The summed E-state index contributed by atoms with van der Waals surface area (Å²) in [4.78, 5) is 21.5. The predicted octanol–water partition coefficient (Wildman–Crippen LogP) is 3.84. The summed E-state index contributed by atoms with van der Waals surface area (Å²) in [5, 5.41) is 5.86. The number of hydrogen-bond donors (Lipinski definition) is 2. The molecule has 3 aromatic rings. The average Bonchev–Trinajstić information content (AvgIpc) is 2.61. The fourth-order valence-electron chi connectivity index (χ4n) is 2.25. The Bertz CT molecular complexity index is 865. The highest BCUT2D eigenvalue weighted by Gasteiger charge is 2.16. The normalized spacial score (nSPS) is 10.6. The fourth-order valence-corrected chi connectivity index (χ4v) is 2.25. The molecule has 1 heterocycles. The molecule has 3 rings (SSSR count). The SMILES string of the molecule is CCCNc1nc2ccccc2nc1C(=O)Nc1ccc(F)cc1. The third-order valence-corrected chi connectivity index (χ3v) is 3.43. The number of nitrogens with one attached hydrogen (secondary N) is 2. The van der Waals surface area contributed by atoms with Gasteiger partial charge in [0.1, 0.15) is 5.82 Å². The smallest absolute Gasteiger partial charge is 0.278 e. The molecule has 2 aromatic carbocycles. The van der Waals surface area contributed by atoms with E-state index in [2.05, 4.69) is 20.6 Å². The first-order chi connectivity index (χ1) is 11.7. The highest BCUT2D eigenvalue weighted by atomic mass is 19.1. The Morgan fingerprint density at radius 2 is 1.71 bits per heavy atom. The quantitative estimate of drug-likeness (QED) is 0.748. The third kappa shape index (κ3) is 3.48. The van der Waals surface area contributed by atoms with Gasteiger partial charge in [0.05, 0.1) is 11.0 Å². The second kappa shape index (κ2) is 7.04. The molecule has 0 saturated carbocycles. The van der Waals surface area contributed by atoms with Crippen LogP contribution < -0.4 is 10.6 Å². The predicted molar refractivity (Wildman–Crippen MR) is 92.7 cm³/mol. The average molecular weight is 324 g/mol. The molecule has 24 heavy (non-hydrogen) atoms. The van der Waals surface area contributed by atoms with Gasteiger partial charge in [-0.05, 0) is 42.8 Å². The topological polar surface area (TPSA) is 66.9 Å². The second-order valence-electron chi connectivity index (χ2n) is 5.30. The first-order valence-corrected chi connectivity index (χ1v) is 7.75. The highest BCUT2D eigenvalue weighted by Crippen LogP contribution is 2.19. The summed E-state index contributed by atoms with van der Waals surface area (Å²) in [6.45, 7) is 2.71. The van der Waals surface area contributed by atoms with Gasteiger partial charge < -0.3 is 10.6 Å². The van der Waals surface area contributed by atoms with Crippen molar-refractivity contribution in [3.8, 4) is 0 Å². The number of para-hydroxylation sites is 2. The number of carbonyl (C=O) groups is 1. The Morgan fingerprint density at radius 1 is 1.04 bits per heavy atom. The number of benzene rings is 2. The van der Waals surface area contributed by atoms with E-state index in [1.165, 1.54) is 24.3 Å². The van der Waals surface area contributed by atoms with Crippen molar-refractivity contribution in [2.75, 3.05) is 17.2 Å². The molecule has 0 spiro atoms. The molecule has 0 aliphatic heterocycles. The number of amides is 1. The van der Waals surface area contributed by atoms with Crippen LogP contribution in [0.1, 0.15) is 23.8 Å². The van der Waals surface area contributed by atoms with E-state index in [0.29, 0.717) is 23.6 Å². The molecule has 0 saturated heterocycles. The molecule has 0 unspecified atom stereocenters. The lowest BCUT2D eigenvalue weighted by atomic mass is 10.2. The summed E-state index contributed by atoms with van der Waals surface area (Å²) in [6, 6.07) is 13.0. The van der Waals surface area contributed by atoms with Gasteiger partial charge in [0, 0.05) is 12.2 Å². The first-order valence-electron chi connectivity index (χ1n) is 7.75. The van der Waals surface area contributed by atoms with Gasteiger partial charge in [-0.2, -0.15) is 0 Å². The lowest BCUT2D eigenvalue weighted by molar-refractivity contribution is 0.102. The minimum Gasteiger partial charge on any atom is -0.368 e. The molecule has 0 aliphatic rings. The van der Waals surface area contributed by atoms with Crippen LogP contribution in [-0.2, 0) is 0 Å². The molecule has 0 radical (unpaired) electrons. The van der Waals surface area contributed by atoms with Crippen molar-refractivity contribution in [2.45, 2.75) is 13.3 Å². The van der Waals surface area contributed by atoms with Crippen LogP contribution in [0.25, 0.3) is 11.0 Å². The van der Waals surface area contributed by atoms with Crippen molar-refractivity contribution < 1.29 is 9.18 Å². The Morgan fingerprint density at radius 3 is 2.38 bits per heavy atom. The summed E-state index contributed by atoms with van der Waals surface area (Å²) >= 11 is 0. The maximum atomic E-state index is 13.0. The molecule has 0 atom stereocenters. The molecule has 0 fully saturated rings. The highest BCUT2D eigenvalue weighted by molar-refractivity contribution is 6.07. The molecule has 1 aromatic heterocycles. The van der Waals surface area contributed by atoms with E-state index in [9.17, 15) is 9.18 Å². The summed E-state index contributed by atoms with van der Waals surface area (Å²) in [6.07, 6.45) is 0.896. The van der Waals surface area contributed by atoms with E-state index in [1.807, 2.05) is 25.1 Å². The van der Waals surface area contributed by atoms with Crippen molar-refractivity contribution >= 4 is 28.4 Å². The monoisotopic (exact) mass is 324 g/mol. The maximum absolute atomic E-state index is 13.0. The number of carbonyl (C=O) groups excluding carboxylic acids is 1. The van der Waals surface area contributed by atoms with E-state index in [1.54, 1.807) is 6.07 Å². The number of anilines is 2. The van der Waals surface area contributed by atoms with Crippen molar-refractivity contribution in [1.29, 1.82) is 0 Å². The Hall–Kier alpha value is -3.02. The van der Waals surface area contributed by atoms with Gasteiger partial charge in [0.15, 0.2) is 11.5 Å². The van der Waals surface area contributed by atoms with E-state index in [-0.39, 0.29) is 11.5 Å². The summed E-state index contributed by atoms with van der Waals surface area (Å²) < 4.78 is 13.0. The molecule has 1 amide bonds. The standard InChI is InChI=1S/C18H17FN4O/c1-2-11-20-17-16(22-14-5-3-4-6-15(14)23-17)18(24)21-13-9-7-12(19)8-10-13/h3-10H,2,11H2,1H3,(H,20,23)(H,21,24). The number of hydrogen-bond acceptors (Lipinski definition) is 4. The fraction of sp³-hybridized carbons (Fsp3) is 0.167. The van der Waals surface area contributed by atoms with Crippen molar-refractivity contribution in [2.24, 2.45) is 0 Å². The van der Waals surface area contributed by atoms with Crippen molar-refractivity contribution in [3.63, 3.8) is 0 Å². The van der Waals surface area contributed by atoms with Crippen LogP contribution in [0.15, 0.2) is 48.5 Å². The minimum atomic E-state index is -0.390. The number of nitrogens with zero attached hydrogens (tertiary/aromatic N) is 2. The van der Waals surface area contributed by atoms with Crippen LogP contribution >= 0.6 is 0 Å². The lowest BCUT2D eigenvalue weighted by Crippen LogP contribution is -2.18. The molecule has 0 bridgehead atoms. The maximum Gasteiger partial charge on any atom is 0.278 e. The number of aromatic nitrogens is 2. The van der Waals surface area contributed by atoms with E-state index < -0.39 is 5.91 Å². The zero-order chi connectivity index (χ0) is 16.9. The van der Waals surface area contributed by atoms with Crippen molar-refractivity contribution in [3.05, 3.63) is 60.0 Å². The van der Waals surface area contributed by atoms with E-state index in [0.717, 1.165) is 11.9 Å². The van der Waals surface area contributed by atoms with Gasteiger partial charge >= 0.3 is 0 Å². The zero-order valence-electron chi connectivity index (χ0n) is 13.2. The van der Waals surface area contributed by atoms with Gasteiger partial charge in [0.2, 0.25) is 0 Å². The van der Waals surface area contributed by atoms with Gasteiger partial charge in [0.25, 0.3) is 5.91 Å². The van der Waals surface area contributed by atoms with Gasteiger partial charge in [-0.15, -0.1) is 0 Å². The molecule has 0 aliphatic carbocycles. The molecule has 122 valence electrons. The number of halogens is 1. The zero-order valence-corrected chi connectivity index (χ0v) is 13.2. The van der Waals surface area contributed by atoms with Crippen LogP contribution in [0.3, 0.4) is 0 Å². The Labute approximate surface area is 138 Å². The molecule has 6 heteroatoms. The number of rotatable bonds is 5. The van der Waals surface area contributed by atoms with Crippen LogP contribution in [0.2, 0.25) is 0 Å². The summed E-state index contributed by atoms with van der Waals surface area (Å²) in [5.41, 5.74) is 2.07.